The highest BCUT2D eigenvalue weighted by Gasteiger charge is 2.17. The minimum absolute atomic E-state index is 0.242. The zero-order valence-corrected chi connectivity index (χ0v) is 11.5. The predicted molar refractivity (Wildman–Crippen MR) is 84.1 cm³/mol. The van der Waals surface area contributed by atoms with Gasteiger partial charge in [-0.05, 0) is 22.9 Å². The standard InChI is InChI=1S/C17H11N3O2/c18-9-14(17(21)22)8-15-16(20-10-19-15)13-6-5-11-3-1-2-4-12(11)7-13/h1-8H,10H2,(H,21,22)/b14-8+. The third-order valence-corrected chi connectivity index (χ3v) is 3.37. The first-order chi connectivity index (χ1) is 10.7. The van der Waals surface area contributed by atoms with E-state index in [-0.39, 0.29) is 12.2 Å². The van der Waals surface area contributed by atoms with Gasteiger partial charge in [0, 0.05) is 5.56 Å². The molecule has 5 heteroatoms. The van der Waals surface area contributed by atoms with E-state index in [1.807, 2.05) is 42.5 Å². The summed E-state index contributed by atoms with van der Waals surface area (Å²) in [6, 6.07) is 15.5. The molecule has 1 N–H and O–H groups in total. The van der Waals surface area contributed by atoms with Gasteiger partial charge in [-0.25, -0.2) is 4.79 Å². The Morgan fingerprint density at radius 3 is 2.68 bits per heavy atom. The summed E-state index contributed by atoms with van der Waals surface area (Å²) < 4.78 is 0. The van der Waals surface area contributed by atoms with Crippen LogP contribution in [0.2, 0.25) is 0 Å². The Morgan fingerprint density at radius 2 is 1.95 bits per heavy atom. The predicted octanol–water partition coefficient (Wildman–Crippen LogP) is 2.58. The quantitative estimate of drug-likeness (QED) is 0.696. The number of rotatable bonds is 3. The van der Waals surface area contributed by atoms with E-state index in [1.54, 1.807) is 6.07 Å². The maximum Gasteiger partial charge on any atom is 0.346 e. The lowest BCUT2D eigenvalue weighted by Gasteiger charge is -2.04. The third kappa shape index (κ3) is 2.50. The van der Waals surface area contributed by atoms with Crippen LogP contribution < -0.4 is 0 Å². The van der Waals surface area contributed by atoms with Crippen molar-refractivity contribution in [3.63, 3.8) is 0 Å². The van der Waals surface area contributed by atoms with E-state index in [4.69, 9.17) is 10.4 Å². The molecule has 0 saturated heterocycles. The Bertz CT molecular complexity index is 902. The van der Waals surface area contributed by atoms with E-state index in [0.717, 1.165) is 16.3 Å². The first-order valence-corrected chi connectivity index (χ1v) is 6.62. The summed E-state index contributed by atoms with van der Waals surface area (Å²) in [5.74, 6) is -1.27. The summed E-state index contributed by atoms with van der Waals surface area (Å²) in [5, 5.41) is 20.0. The van der Waals surface area contributed by atoms with Gasteiger partial charge >= 0.3 is 5.97 Å². The van der Waals surface area contributed by atoms with Crippen LogP contribution in [-0.2, 0) is 4.79 Å². The Labute approximate surface area is 126 Å². The number of allylic oxidation sites excluding steroid dienone is 1. The van der Waals surface area contributed by atoms with Gasteiger partial charge in [0.05, 0.1) is 11.4 Å². The van der Waals surface area contributed by atoms with Gasteiger partial charge in [0.1, 0.15) is 18.3 Å². The molecule has 0 aliphatic carbocycles. The molecule has 0 saturated carbocycles. The molecular weight excluding hydrogens is 278 g/mol. The largest absolute Gasteiger partial charge is 0.477 e. The number of aliphatic imine (C=N–C) groups is 2. The highest BCUT2D eigenvalue weighted by Crippen LogP contribution is 2.18. The lowest BCUT2D eigenvalue weighted by Crippen LogP contribution is -2.12. The molecule has 0 unspecified atom stereocenters. The smallest absolute Gasteiger partial charge is 0.346 e. The topological polar surface area (TPSA) is 85.8 Å². The fourth-order valence-corrected chi connectivity index (χ4v) is 2.31. The number of nitriles is 1. The van der Waals surface area contributed by atoms with E-state index < -0.39 is 5.97 Å². The van der Waals surface area contributed by atoms with Gasteiger partial charge in [0.2, 0.25) is 0 Å². The third-order valence-electron chi connectivity index (χ3n) is 3.37. The molecule has 0 atom stereocenters. The summed E-state index contributed by atoms with van der Waals surface area (Å²) in [7, 11) is 0. The average molecular weight is 289 g/mol. The van der Waals surface area contributed by atoms with Crippen molar-refractivity contribution in [1.29, 1.82) is 5.26 Å². The van der Waals surface area contributed by atoms with Gasteiger partial charge in [-0.1, -0.05) is 36.4 Å². The number of hydrogen-bond donors (Lipinski definition) is 1. The van der Waals surface area contributed by atoms with Gasteiger partial charge in [0.25, 0.3) is 0 Å². The summed E-state index contributed by atoms with van der Waals surface area (Å²) in [4.78, 5) is 19.4. The van der Waals surface area contributed by atoms with Gasteiger partial charge in [-0.15, -0.1) is 0 Å². The Balaban J connectivity index is 2.02. The van der Waals surface area contributed by atoms with Crippen molar-refractivity contribution >= 4 is 28.2 Å². The molecule has 2 aromatic carbocycles. The highest BCUT2D eigenvalue weighted by atomic mass is 16.4. The highest BCUT2D eigenvalue weighted by molar-refractivity contribution is 6.53. The molecule has 0 spiro atoms. The van der Waals surface area contributed by atoms with Gasteiger partial charge in [0.15, 0.2) is 0 Å². The van der Waals surface area contributed by atoms with Crippen molar-refractivity contribution in [3.05, 3.63) is 59.7 Å². The normalized spacial score (nSPS) is 14.4. The zero-order chi connectivity index (χ0) is 15.5. The lowest BCUT2D eigenvalue weighted by molar-refractivity contribution is -0.132. The molecule has 0 bridgehead atoms. The van der Waals surface area contributed by atoms with Crippen LogP contribution in [0.1, 0.15) is 5.56 Å². The summed E-state index contributed by atoms with van der Waals surface area (Å²) in [6.45, 7) is 0.242. The van der Waals surface area contributed by atoms with Crippen LogP contribution in [0.25, 0.3) is 10.8 Å². The van der Waals surface area contributed by atoms with Crippen LogP contribution in [0.15, 0.2) is 64.1 Å². The number of nitrogens with zero attached hydrogens (tertiary/aromatic N) is 3. The Hall–Kier alpha value is -3.26. The minimum Gasteiger partial charge on any atom is -0.477 e. The molecule has 3 rings (SSSR count). The van der Waals surface area contributed by atoms with E-state index in [0.29, 0.717) is 11.4 Å². The average Bonchev–Trinajstić information content (AvgIpc) is 3.00. The van der Waals surface area contributed by atoms with Crippen molar-refractivity contribution in [2.75, 3.05) is 6.67 Å². The van der Waals surface area contributed by atoms with Crippen LogP contribution in [-0.4, -0.2) is 29.2 Å². The summed E-state index contributed by atoms with van der Waals surface area (Å²) in [5.41, 5.74) is 1.54. The Morgan fingerprint density at radius 1 is 1.18 bits per heavy atom. The van der Waals surface area contributed by atoms with Crippen LogP contribution >= 0.6 is 0 Å². The fraction of sp³-hybridized carbons (Fsp3) is 0.0588. The lowest BCUT2D eigenvalue weighted by atomic mass is 10.0. The van der Waals surface area contributed by atoms with Crippen molar-refractivity contribution in [2.24, 2.45) is 9.98 Å². The SMILES string of the molecule is N#C/C(=C\C1=NCN=C1c1ccc2ccccc2c1)C(=O)O. The maximum absolute atomic E-state index is 11.0. The van der Waals surface area contributed by atoms with Crippen molar-refractivity contribution < 1.29 is 9.90 Å². The summed E-state index contributed by atoms with van der Waals surface area (Å²) in [6.07, 6.45) is 1.27. The first kappa shape index (κ1) is 13.7. The van der Waals surface area contributed by atoms with E-state index in [9.17, 15) is 4.79 Å². The van der Waals surface area contributed by atoms with Gasteiger partial charge in [-0.2, -0.15) is 5.26 Å². The minimum atomic E-state index is -1.27. The van der Waals surface area contributed by atoms with Crippen LogP contribution in [0, 0.1) is 11.3 Å². The van der Waals surface area contributed by atoms with Crippen LogP contribution in [0.4, 0.5) is 0 Å². The van der Waals surface area contributed by atoms with E-state index in [1.165, 1.54) is 6.08 Å². The first-order valence-electron chi connectivity index (χ1n) is 6.62. The monoisotopic (exact) mass is 289 g/mol. The number of carbonyl (C=O) groups is 1. The molecule has 1 aliphatic heterocycles. The molecule has 0 fully saturated rings. The summed E-state index contributed by atoms with van der Waals surface area (Å²) >= 11 is 0. The Kier molecular flexibility index (Phi) is 3.50. The maximum atomic E-state index is 11.0. The number of carboxylic acid groups (broad SMARTS) is 1. The molecule has 1 heterocycles. The number of fused-ring (bicyclic) bond motifs is 1. The molecule has 1 aliphatic rings. The van der Waals surface area contributed by atoms with Gasteiger partial charge in [-0.3, -0.25) is 9.98 Å². The molecule has 5 nitrogen and oxygen atoms in total. The number of carboxylic acids is 1. The molecule has 106 valence electrons. The molecule has 22 heavy (non-hydrogen) atoms. The van der Waals surface area contributed by atoms with Gasteiger partial charge < -0.3 is 5.11 Å². The molecule has 0 aromatic heterocycles. The van der Waals surface area contributed by atoms with Crippen molar-refractivity contribution in [2.45, 2.75) is 0 Å². The fourth-order valence-electron chi connectivity index (χ4n) is 2.31. The van der Waals surface area contributed by atoms with E-state index in [2.05, 4.69) is 9.98 Å². The molecule has 0 radical (unpaired) electrons. The van der Waals surface area contributed by atoms with Crippen LogP contribution in [0.3, 0.4) is 0 Å². The number of aliphatic carboxylic acids is 1. The zero-order valence-electron chi connectivity index (χ0n) is 11.5. The number of benzene rings is 2. The van der Waals surface area contributed by atoms with Crippen molar-refractivity contribution in [3.8, 4) is 6.07 Å². The molecule has 2 aromatic rings. The van der Waals surface area contributed by atoms with Crippen LogP contribution in [0.5, 0.6) is 0 Å². The molecular formula is C17H11N3O2. The number of hydrogen-bond acceptors (Lipinski definition) is 4. The second-order valence-corrected chi connectivity index (χ2v) is 4.73. The second-order valence-electron chi connectivity index (χ2n) is 4.73. The molecule has 0 amide bonds. The van der Waals surface area contributed by atoms with Crippen molar-refractivity contribution in [1.82, 2.24) is 0 Å². The van der Waals surface area contributed by atoms with E-state index >= 15 is 0 Å². The second kappa shape index (κ2) is 5.62.